The molecule has 0 atom stereocenters. The van der Waals surface area contributed by atoms with Gasteiger partial charge in [-0.2, -0.15) is 0 Å². The number of nitrogens with zero attached hydrogens (tertiary/aromatic N) is 1. The Morgan fingerprint density at radius 2 is 2.10 bits per heavy atom. The van der Waals surface area contributed by atoms with Crippen molar-refractivity contribution < 1.29 is 4.79 Å². The summed E-state index contributed by atoms with van der Waals surface area (Å²) in [6.07, 6.45) is 0.919. The molecule has 0 aliphatic carbocycles. The fourth-order valence-corrected chi connectivity index (χ4v) is 3.00. The van der Waals surface area contributed by atoms with Crippen LogP contribution in [0, 0.1) is 0 Å². The summed E-state index contributed by atoms with van der Waals surface area (Å²) in [6.45, 7) is 1.60. The predicted molar refractivity (Wildman–Crippen MR) is 88.7 cm³/mol. The molecule has 0 spiro atoms. The first kappa shape index (κ1) is 15.1. The molecule has 0 fully saturated rings. The first-order valence-corrected chi connectivity index (χ1v) is 8.12. The summed E-state index contributed by atoms with van der Waals surface area (Å²) < 4.78 is 0.978. The molecule has 3 nitrogen and oxygen atoms in total. The second-order valence-electron chi connectivity index (χ2n) is 4.51. The fraction of sp³-hybridized carbons (Fsp3) is 0.267. The molecule has 1 aromatic carbocycles. The molecule has 1 aromatic heterocycles. The minimum Gasteiger partial charge on any atom is -0.375 e. The zero-order chi connectivity index (χ0) is 14.4. The molecule has 0 saturated carbocycles. The summed E-state index contributed by atoms with van der Waals surface area (Å²) in [6, 6.07) is 12.1. The van der Waals surface area contributed by atoms with Gasteiger partial charge in [0.2, 0.25) is 0 Å². The van der Waals surface area contributed by atoms with Crippen molar-refractivity contribution in [3.8, 4) is 0 Å². The maximum Gasteiger partial charge on any atom is 0.252 e. The number of anilines is 1. The molecule has 20 heavy (non-hydrogen) atoms. The molecule has 1 heterocycles. The van der Waals surface area contributed by atoms with Gasteiger partial charge in [-0.15, -0.1) is 11.3 Å². The lowest BCUT2D eigenvalue weighted by Gasteiger charge is -2.19. The average molecular weight is 353 g/mol. The SMILES string of the molecule is CN(CCCNC(=O)c1csc(Br)c1)c1ccccc1. The molecule has 1 N–H and O–H groups in total. The number of hydrogen-bond donors (Lipinski definition) is 1. The van der Waals surface area contributed by atoms with E-state index in [1.54, 1.807) is 0 Å². The van der Waals surface area contributed by atoms with Gasteiger partial charge in [0.25, 0.3) is 5.91 Å². The third-order valence-electron chi connectivity index (χ3n) is 2.98. The molecule has 0 unspecified atom stereocenters. The topological polar surface area (TPSA) is 32.3 Å². The molecule has 2 rings (SSSR count). The highest BCUT2D eigenvalue weighted by molar-refractivity contribution is 9.11. The van der Waals surface area contributed by atoms with Crippen molar-refractivity contribution in [2.75, 3.05) is 25.0 Å². The highest BCUT2D eigenvalue weighted by Gasteiger charge is 2.07. The van der Waals surface area contributed by atoms with Gasteiger partial charge in [0, 0.05) is 31.2 Å². The molecular formula is C15H17BrN2OS. The third-order valence-corrected chi connectivity index (χ3v) is 4.49. The Balaban J connectivity index is 1.70. The van der Waals surface area contributed by atoms with E-state index >= 15 is 0 Å². The minimum atomic E-state index is -0.00526. The van der Waals surface area contributed by atoms with Crippen molar-refractivity contribution in [3.05, 3.63) is 51.1 Å². The zero-order valence-corrected chi connectivity index (χ0v) is 13.7. The van der Waals surface area contributed by atoms with Crippen LogP contribution in [0.2, 0.25) is 0 Å². The lowest BCUT2D eigenvalue weighted by molar-refractivity contribution is 0.0954. The summed E-state index contributed by atoms with van der Waals surface area (Å²) in [7, 11) is 2.06. The van der Waals surface area contributed by atoms with Gasteiger partial charge in [0.1, 0.15) is 0 Å². The van der Waals surface area contributed by atoms with Gasteiger partial charge in [-0.05, 0) is 40.5 Å². The maximum absolute atomic E-state index is 11.8. The number of carbonyl (C=O) groups is 1. The largest absolute Gasteiger partial charge is 0.375 e. The Hall–Kier alpha value is -1.33. The van der Waals surface area contributed by atoms with Crippen molar-refractivity contribution in [2.45, 2.75) is 6.42 Å². The lowest BCUT2D eigenvalue weighted by Crippen LogP contribution is -2.27. The summed E-state index contributed by atoms with van der Waals surface area (Å²) in [5.41, 5.74) is 1.92. The number of nitrogens with one attached hydrogen (secondary N) is 1. The highest BCUT2D eigenvalue weighted by atomic mass is 79.9. The summed E-state index contributed by atoms with van der Waals surface area (Å²) in [5, 5.41) is 4.80. The standard InChI is InChI=1S/C15H17BrN2OS/c1-18(13-6-3-2-4-7-13)9-5-8-17-15(19)12-10-14(16)20-11-12/h2-4,6-7,10-11H,5,8-9H2,1H3,(H,17,19). The van der Waals surface area contributed by atoms with Gasteiger partial charge < -0.3 is 10.2 Å². The molecular weight excluding hydrogens is 336 g/mol. The molecule has 0 aliphatic rings. The predicted octanol–water partition coefficient (Wildman–Crippen LogP) is 3.77. The van der Waals surface area contributed by atoms with E-state index in [0.717, 1.165) is 22.3 Å². The Labute approximate surface area is 131 Å². The minimum absolute atomic E-state index is 0.00526. The van der Waals surface area contributed by atoms with E-state index < -0.39 is 0 Å². The molecule has 5 heteroatoms. The van der Waals surface area contributed by atoms with Crippen molar-refractivity contribution in [2.24, 2.45) is 0 Å². The number of halogens is 1. The first-order valence-electron chi connectivity index (χ1n) is 6.45. The summed E-state index contributed by atoms with van der Waals surface area (Å²) >= 11 is 4.88. The van der Waals surface area contributed by atoms with Gasteiger partial charge in [0.05, 0.1) is 9.35 Å². The van der Waals surface area contributed by atoms with E-state index in [4.69, 9.17) is 0 Å². The molecule has 0 radical (unpaired) electrons. The van der Waals surface area contributed by atoms with E-state index in [0.29, 0.717) is 6.54 Å². The van der Waals surface area contributed by atoms with Crippen LogP contribution >= 0.6 is 27.3 Å². The van der Waals surface area contributed by atoms with Crippen LogP contribution in [0.25, 0.3) is 0 Å². The number of benzene rings is 1. The van der Waals surface area contributed by atoms with E-state index in [9.17, 15) is 4.79 Å². The smallest absolute Gasteiger partial charge is 0.252 e. The third kappa shape index (κ3) is 4.35. The van der Waals surface area contributed by atoms with Gasteiger partial charge in [-0.1, -0.05) is 18.2 Å². The van der Waals surface area contributed by atoms with Crippen LogP contribution in [-0.2, 0) is 0 Å². The Bertz CT molecular complexity index is 556. The monoisotopic (exact) mass is 352 g/mol. The zero-order valence-electron chi connectivity index (χ0n) is 11.3. The molecule has 0 bridgehead atoms. The lowest BCUT2D eigenvalue weighted by atomic mass is 10.2. The number of amides is 1. The van der Waals surface area contributed by atoms with Crippen molar-refractivity contribution in [3.63, 3.8) is 0 Å². The van der Waals surface area contributed by atoms with E-state index in [-0.39, 0.29) is 5.91 Å². The van der Waals surface area contributed by atoms with Crippen LogP contribution in [-0.4, -0.2) is 26.0 Å². The van der Waals surface area contributed by atoms with Crippen molar-refractivity contribution >= 4 is 38.9 Å². The quantitative estimate of drug-likeness (QED) is 0.802. The van der Waals surface area contributed by atoms with Crippen LogP contribution < -0.4 is 10.2 Å². The van der Waals surface area contributed by atoms with Crippen LogP contribution in [0.4, 0.5) is 5.69 Å². The van der Waals surface area contributed by atoms with Gasteiger partial charge in [-0.3, -0.25) is 4.79 Å². The molecule has 106 valence electrons. The Kier molecular flexibility index (Phi) is 5.61. The van der Waals surface area contributed by atoms with Crippen LogP contribution in [0.1, 0.15) is 16.8 Å². The number of rotatable bonds is 6. The fourth-order valence-electron chi connectivity index (χ4n) is 1.86. The average Bonchev–Trinajstić information content (AvgIpc) is 2.91. The van der Waals surface area contributed by atoms with Gasteiger partial charge >= 0.3 is 0 Å². The highest BCUT2D eigenvalue weighted by Crippen LogP contribution is 2.20. The van der Waals surface area contributed by atoms with Gasteiger partial charge in [-0.25, -0.2) is 0 Å². The molecule has 0 aliphatic heterocycles. The summed E-state index contributed by atoms with van der Waals surface area (Å²) in [5.74, 6) is -0.00526. The maximum atomic E-state index is 11.8. The summed E-state index contributed by atoms with van der Waals surface area (Å²) in [4.78, 5) is 14.0. The second kappa shape index (κ2) is 7.45. The molecule has 2 aromatic rings. The Morgan fingerprint density at radius 3 is 2.75 bits per heavy atom. The van der Waals surface area contributed by atoms with Crippen LogP contribution in [0.5, 0.6) is 0 Å². The van der Waals surface area contributed by atoms with E-state index in [1.165, 1.54) is 17.0 Å². The molecule has 1 amide bonds. The number of carbonyl (C=O) groups excluding carboxylic acids is 1. The van der Waals surface area contributed by atoms with Crippen LogP contribution in [0.15, 0.2) is 45.6 Å². The normalized spacial score (nSPS) is 10.3. The van der Waals surface area contributed by atoms with Crippen molar-refractivity contribution in [1.82, 2.24) is 5.32 Å². The van der Waals surface area contributed by atoms with Crippen molar-refractivity contribution in [1.29, 1.82) is 0 Å². The number of para-hydroxylation sites is 1. The first-order chi connectivity index (χ1) is 9.66. The van der Waals surface area contributed by atoms with Gasteiger partial charge in [0.15, 0.2) is 0 Å². The number of thiophene rings is 1. The Morgan fingerprint density at radius 1 is 1.35 bits per heavy atom. The van der Waals surface area contributed by atoms with Crippen LogP contribution in [0.3, 0.4) is 0 Å². The molecule has 0 saturated heterocycles. The van der Waals surface area contributed by atoms with E-state index in [1.807, 2.05) is 29.6 Å². The van der Waals surface area contributed by atoms with E-state index in [2.05, 4.69) is 45.3 Å². The second-order valence-corrected chi connectivity index (χ2v) is 6.80. The number of hydrogen-bond acceptors (Lipinski definition) is 3.